The lowest BCUT2D eigenvalue weighted by atomic mass is 10.0. The van der Waals surface area contributed by atoms with Crippen molar-refractivity contribution in [2.75, 3.05) is 13.2 Å². The quantitative estimate of drug-likeness (QED) is 0.0374. The van der Waals surface area contributed by atoms with Crippen LogP contribution in [0.15, 0.2) is 122 Å². The third-order valence-corrected chi connectivity index (χ3v) is 11.3. The molecule has 5 nitrogen and oxygen atoms in total. The summed E-state index contributed by atoms with van der Waals surface area (Å²) in [4.78, 5) is 24.3. The van der Waals surface area contributed by atoms with Crippen molar-refractivity contribution in [1.29, 1.82) is 0 Å². The van der Waals surface area contributed by atoms with Crippen molar-refractivity contribution in [3.05, 3.63) is 122 Å². The first-order chi connectivity index (χ1) is 32.6. The van der Waals surface area contributed by atoms with Crippen LogP contribution in [0.1, 0.15) is 232 Å². The third kappa shape index (κ3) is 52.9. The summed E-state index contributed by atoms with van der Waals surface area (Å²) in [6.07, 6.45) is 82.1. The van der Waals surface area contributed by atoms with Gasteiger partial charge in [-0.15, -0.1) is 0 Å². The van der Waals surface area contributed by atoms with Crippen LogP contribution in [-0.4, -0.2) is 36.4 Å². The van der Waals surface area contributed by atoms with Crippen molar-refractivity contribution in [1.82, 2.24) is 0 Å². The minimum atomic E-state index is -0.817. The van der Waals surface area contributed by atoms with Gasteiger partial charge in [-0.25, -0.2) is 0 Å². The van der Waals surface area contributed by atoms with Crippen LogP contribution in [0.2, 0.25) is 0 Å². The van der Waals surface area contributed by atoms with E-state index in [9.17, 15) is 14.7 Å². The Hall–Kier alpha value is -3.70. The molecule has 0 aromatic heterocycles. The van der Waals surface area contributed by atoms with Gasteiger partial charge in [0.15, 0.2) is 6.10 Å². The number of esters is 2. The first-order valence-corrected chi connectivity index (χ1v) is 27.1. The molecule has 5 heteroatoms. The van der Waals surface area contributed by atoms with Crippen LogP contribution in [0.3, 0.4) is 0 Å². The standard InChI is InChI=1S/C61H100O5/c1-3-5-7-9-11-13-15-17-19-20-21-22-23-24-25-26-27-28-29-30-31-32-33-34-35-36-37-38-39-40-42-44-46-48-50-52-54-56-61(64)66-59(57-62)58-65-60(63)55-53-51-49-47-45-43-41-18-16-14-12-10-8-6-4-2/h5-8,11-14,17-19,21-22,24-25,41,45,47,51,53,59,62H,3-4,9-10,15-16,20,23,26-40,42-44,46,48-50,52,54-58H2,1-2H3/b7-5-,8-6-,13-11-,14-12-,19-17-,22-21-,25-24-,41-18-,47-45-,53-51-. The number of rotatable bonds is 48. The number of carbonyl (C=O) groups is 2. The Morgan fingerprint density at radius 2 is 0.652 bits per heavy atom. The molecule has 0 aromatic rings. The lowest BCUT2D eigenvalue weighted by Gasteiger charge is -2.15. The van der Waals surface area contributed by atoms with Crippen LogP contribution in [0.4, 0.5) is 0 Å². The normalized spacial score (nSPS) is 13.2. The van der Waals surface area contributed by atoms with Crippen molar-refractivity contribution in [2.45, 2.75) is 238 Å². The Morgan fingerprint density at radius 3 is 0.985 bits per heavy atom. The zero-order valence-corrected chi connectivity index (χ0v) is 42.7. The molecule has 1 unspecified atom stereocenters. The maximum absolute atomic E-state index is 12.3. The fraction of sp³-hybridized carbons (Fsp3) is 0.639. The number of allylic oxidation sites excluding steroid dienone is 19. The minimum Gasteiger partial charge on any atom is -0.461 e. The highest BCUT2D eigenvalue weighted by atomic mass is 16.6. The largest absolute Gasteiger partial charge is 0.461 e. The maximum Gasteiger partial charge on any atom is 0.309 e. The first kappa shape index (κ1) is 62.3. The number of carbonyl (C=O) groups excluding carboxylic acids is 2. The van der Waals surface area contributed by atoms with Gasteiger partial charge in [0.05, 0.1) is 13.0 Å². The zero-order chi connectivity index (χ0) is 47.7. The van der Waals surface area contributed by atoms with E-state index in [0.717, 1.165) is 83.5 Å². The number of hydrogen-bond donors (Lipinski definition) is 1. The summed E-state index contributed by atoms with van der Waals surface area (Å²) in [5, 5.41) is 9.60. The van der Waals surface area contributed by atoms with Gasteiger partial charge in [-0.2, -0.15) is 0 Å². The molecule has 0 saturated heterocycles. The number of unbranched alkanes of at least 4 members (excludes halogenated alkanes) is 21. The van der Waals surface area contributed by atoms with Gasteiger partial charge < -0.3 is 14.6 Å². The fourth-order valence-corrected chi connectivity index (χ4v) is 7.30. The fourth-order valence-electron chi connectivity index (χ4n) is 7.30. The van der Waals surface area contributed by atoms with Crippen LogP contribution in [0.5, 0.6) is 0 Å². The second-order valence-electron chi connectivity index (χ2n) is 17.6. The summed E-state index contributed by atoms with van der Waals surface area (Å²) in [7, 11) is 0. The molecule has 374 valence electrons. The predicted octanol–water partition coefficient (Wildman–Crippen LogP) is 18.3. The molecule has 1 N–H and O–H groups in total. The summed E-state index contributed by atoms with van der Waals surface area (Å²) in [5.74, 6) is -0.739. The van der Waals surface area contributed by atoms with E-state index in [2.05, 4.69) is 123 Å². The molecule has 0 rings (SSSR count). The van der Waals surface area contributed by atoms with Gasteiger partial charge in [0, 0.05) is 6.42 Å². The van der Waals surface area contributed by atoms with E-state index in [1.807, 2.05) is 6.08 Å². The van der Waals surface area contributed by atoms with Gasteiger partial charge in [0.2, 0.25) is 0 Å². The summed E-state index contributed by atoms with van der Waals surface area (Å²) >= 11 is 0. The Bertz CT molecular complexity index is 1350. The van der Waals surface area contributed by atoms with Crippen molar-refractivity contribution < 1.29 is 24.2 Å². The topological polar surface area (TPSA) is 72.8 Å². The molecule has 0 radical (unpaired) electrons. The monoisotopic (exact) mass is 913 g/mol. The highest BCUT2D eigenvalue weighted by molar-refractivity contribution is 5.71. The van der Waals surface area contributed by atoms with Gasteiger partial charge in [0.1, 0.15) is 6.61 Å². The number of aliphatic hydroxyl groups is 1. The second-order valence-corrected chi connectivity index (χ2v) is 17.6. The molecular formula is C61H100O5. The van der Waals surface area contributed by atoms with E-state index in [1.165, 1.54) is 122 Å². The molecule has 0 saturated carbocycles. The van der Waals surface area contributed by atoms with Gasteiger partial charge in [-0.1, -0.05) is 257 Å². The molecule has 0 aliphatic rings. The van der Waals surface area contributed by atoms with Gasteiger partial charge in [-0.3, -0.25) is 9.59 Å². The second kappa shape index (κ2) is 55.6. The van der Waals surface area contributed by atoms with Crippen molar-refractivity contribution >= 4 is 11.9 Å². The number of ether oxygens (including phenoxy) is 2. The number of hydrogen-bond acceptors (Lipinski definition) is 5. The molecule has 0 aliphatic carbocycles. The Balaban J connectivity index is 3.50. The highest BCUT2D eigenvalue weighted by Gasteiger charge is 2.15. The molecule has 1 atom stereocenters. The van der Waals surface area contributed by atoms with Crippen LogP contribution >= 0.6 is 0 Å². The predicted molar refractivity (Wildman–Crippen MR) is 288 cm³/mol. The molecule has 0 aromatic carbocycles. The molecule has 0 spiro atoms. The van der Waals surface area contributed by atoms with Crippen molar-refractivity contribution in [3.8, 4) is 0 Å². The average molecular weight is 913 g/mol. The molecule has 0 aliphatic heterocycles. The van der Waals surface area contributed by atoms with Gasteiger partial charge in [0.25, 0.3) is 0 Å². The Morgan fingerprint density at radius 1 is 0.364 bits per heavy atom. The van der Waals surface area contributed by atoms with Crippen LogP contribution in [-0.2, 0) is 19.1 Å². The summed E-state index contributed by atoms with van der Waals surface area (Å²) in [5.41, 5.74) is 0. The highest BCUT2D eigenvalue weighted by Crippen LogP contribution is 2.16. The average Bonchev–Trinajstić information content (AvgIpc) is 3.32. The molecule has 0 fully saturated rings. The van der Waals surface area contributed by atoms with E-state index < -0.39 is 12.1 Å². The summed E-state index contributed by atoms with van der Waals surface area (Å²) in [6.45, 7) is 3.82. The van der Waals surface area contributed by atoms with E-state index in [4.69, 9.17) is 9.47 Å². The molecule has 66 heavy (non-hydrogen) atoms. The summed E-state index contributed by atoms with van der Waals surface area (Å²) in [6, 6.07) is 0. The zero-order valence-electron chi connectivity index (χ0n) is 42.7. The van der Waals surface area contributed by atoms with E-state index >= 15 is 0 Å². The van der Waals surface area contributed by atoms with Crippen molar-refractivity contribution in [2.24, 2.45) is 0 Å². The van der Waals surface area contributed by atoms with Crippen LogP contribution in [0, 0.1) is 0 Å². The van der Waals surface area contributed by atoms with E-state index in [-0.39, 0.29) is 25.6 Å². The summed E-state index contributed by atoms with van der Waals surface area (Å²) < 4.78 is 10.6. The van der Waals surface area contributed by atoms with Gasteiger partial charge >= 0.3 is 11.9 Å². The SMILES string of the molecule is CC/C=C\C/C=C\C/C=C\C/C=C\C/C=C\CCCCCCCCCCCCCCCCCCCCCCCC(=O)OC(CO)COC(=O)C/C=C\C/C=C\C/C=C\C/C=C\C/C=C\CC. The Kier molecular flexibility index (Phi) is 52.5. The maximum atomic E-state index is 12.3. The molecule has 0 bridgehead atoms. The lowest BCUT2D eigenvalue weighted by Crippen LogP contribution is -2.28. The third-order valence-electron chi connectivity index (χ3n) is 11.3. The first-order valence-electron chi connectivity index (χ1n) is 27.1. The molecule has 0 heterocycles. The van der Waals surface area contributed by atoms with E-state index in [1.54, 1.807) is 6.08 Å². The minimum absolute atomic E-state index is 0.124. The van der Waals surface area contributed by atoms with Crippen LogP contribution < -0.4 is 0 Å². The van der Waals surface area contributed by atoms with Gasteiger partial charge in [-0.05, 0) is 83.5 Å². The van der Waals surface area contributed by atoms with E-state index in [0.29, 0.717) is 6.42 Å². The molecular weight excluding hydrogens is 813 g/mol. The number of aliphatic hydroxyl groups excluding tert-OH is 1. The Labute approximate surface area is 407 Å². The lowest BCUT2D eigenvalue weighted by molar-refractivity contribution is -0.161. The van der Waals surface area contributed by atoms with Crippen molar-refractivity contribution in [3.63, 3.8) is 0 Å². The molecule has 0 amide bonds. The smallest absolute Gasteiger partial charge is 0.309 e. The van der Waals surface area contributed by atoms with Crippen LogP contribution in [0.25, 0.3) is 0 Å².